The lowest BCUT2D eigenvalue weighted by molar-refractivity contribution is 0.0660. The van der Waals surface area contributed by atoms with Crippen molar-refractivity contribution in [3.05, 3.63) is 46.6 Å². The Balaban J connectivity index is 2.06. The van der Waals surface area contributed by atoms with Crippen LogP contribution in [-0.2, 0) is 6.54 Å². The number of furan rings is 1. The largest absolute Gasteiger partial charge is 0.475 e. The number of pyridine rings is 1. The summed E-state index contributed by atoms with van der Waals surface area (Å²) in [6, 6.07) is 4.87. The van der Waals surface area contributed by atoms with Crippen LogP contribution in [0.1, 0.15) is 21.9 Å². The van der Waals surface area contributed by atoms with E-state index in [4.69, 9.17) is 21.1 Å². The van der Waals surface area contributed by atoms with Crippen molar-refractivity contribution in [2.45, 2.75) is 13.5 Å². The second-order valence-corrected chi connectivity index (χ2v) is 4.13. The Bertz CT molecular complexity index is 580. The summed E-state index contributed by atoms with van der Waals surface area (Å²) in [4.78, 5) is 14.6. The quantitative estimate of drug-likeness (QED) is 0.832. The highest BCUT2D eigenvalue weighted by Gasteiger charge is 2.09. The Labute approximate surface area is 108 Å². The minimum absolute atomic E-state index is 0.0831. The van der Waals surface area contributed by atoms with Crippen molar-refractivity contribution in [2.75, 3.05) is 5.32 Å². The zero-order valence-electron chi connectivity index (χ0n) is 9.61. The normalized spacial score (nSPS) is 10.3. The zero-order chi connectivity index (χ0) is 13.1. The molecule has 0 aliphatic rings. The van der Waals surface area contributed by atoms with E-state index in [2.05, 4.69) is 10.3 Å². The summed E-state index contributed by atoms with van der Waals surface area (Å²) in [6.07, 6.45) is 1.67. The first-order valence-electron chi connectivity index (χ1n) is 5.24. The van der Waals surface area contributed by atoms with Gasteiger partial charge in [-0.3, -0.25) is 0 Å². The highest BCUT2D eigenvalue weighted by Crippen LogP contribution is 2.20. The number of aromatic nitrogens is 1. The third-order valence-electron chi connectivity index (χ3n) is 2.30. The van der Waals surface area contributed by atoms with E-state index >= 15 is 0 Å². The van der Waals surface area contributed by atoms with Crippen LogP contribution in [0.5, 0.6) is 0 Å². The molecule has 0 aliphatic heterocycles. The van der Waals surface area contributed by atoms with Gasteiger partial charge in [0.15, 0.2) is 5.15 Å². The standard InChI is InChI=1S/C12H11ClN2O3/c1-7-4-9(11(13)15-5-7)14-6-8-2-3-10(18-8)12(16)17/h2-5,14H,6H2,1H3,(H,16,17). The first-order valence-corrected chi connectivity index (χ1v) is 5.62. The number of nitrogens with zero attached hydrogens (tertiary/aromatic N) is 1. The predicted molar refractivity (Wildman–Crippen MR) is 67.0 cm³/mol. The Kier molecular flexibility index (Phi) is 3.53. The molecule has 2 aromatic rings. The summed E-state index contributed by atoms with van der Waals surface area (Å²) in [6.45, 7) is 2.25. The summed E-state index contributed by atoms with van der Waals surface area (Å²) in [5, 5.41) is 12.1. The molecule has 0 bridgehead atoms. The summed E-state index contributed by atoms with van der Waals surface area (Å²) in [5.74, 6) is -0.651. The number of hydrogen-bond acceptors (Lipinski definition) is 4. The van der Waals surface area contributed by atoms with Crippen LogP contribution in [0.15, 0.2) is 28.8 Å². The topological polar surface area (TPSA) is 75.4 Å². The van der Waals surface area contributed by atoms with Gasteiger partial charge in [-0.15, -0.1) is 0 Å². The second-order valence-electron chi connectivity index (χ2n) is 3.78. The van der Waals surface area contributed by atoms with Gasteiger partial charge in [0.2, 0.25) is 5.76 Å². The van der Waals surface area contributed by atoms with Gasteiger partial charge in [-0.25, -0.2) is 9.78 Å². The number of nitrogens with one attached hydrogen (secondary N) is 1. The SMILES string of the molecule is Cc1cnc(Cl)c(NCc2ccc(C(=O)O)o2)c1. The summed E-state index contributed by atoms with van der Waals surface area (Å²) >= 11 is 5.92. The zero-order valence-corrected chi connectivity index (χ0v) is 10.4. The van der Waals surface area contributed by atoms with Crippen molar-refractivity contribution in [3.8, 4) is 0 Å². The molecule has 0 atom stereocenters. The molecule has 2 rings (SSSR count). The molecule has 18 heavy (non-hydrogen) atoms. The molecule has 0 saturated heterocycles. The molecular weight excluding hydrogens is 256 g/mol. The maximum Gasteiger partial charge on any atom is 0.371 e. The van der Waals surface area contributed by atoms with Crippen LogP contribution in [0.2, 0.25) is 5.15 Å². The number of aryl methyl sites for hydroxylation is 1. The minimum atomic E-state index is -1.09. The lowest BCUT2D eigenvalue weighted by Gasteiger charge is -2.06. The molecule has 94 valence electrons. The van der Waals surface area contributed by atoms with Gasteiger partial charge in [0.1, 0.15) is 5.76 Å². The fourth-order valence-electron chi connectivity index (χ4n) is 1.45. The molecule has 0 aromatic carbocycles. The van der Waals surface area contributed by atoms with Crippen molar-refractivity contribution in [1.82, 2.24) is 4.98 Å². The number of carbonyl (C=O) groups is 1. The first kappa shape index (κ1) is 12.4. The van der Waals surface area contributed by atoms with E-state index in [-0.39, 0.29) is 5.76 Å². The molecule has 0 amide bonds. The first-order chi connectivity index (χ1) is 8.56. The maximum atomic E-state index is 10.6. The number of rotatable bonds is 4. The molecule has 0 saturated carbocycles. The fraction of sp³-hybridized carbons (Fsp3) is 0.167. The molecule has 0 aliphatic carbocycles. The van der Waals surface area contributed by atoms with Crippen molar-refractivity contribution >= 4 is 23.3 Å². The van der Waals surface area contributed by atoms with Gasteiger partial charge >= 0.3 is 5.97 Å². The van der Waals surface area contributed by atoms with Crippen LogP contribution in [0.4, 0.5) is 5.69 Å². The van der Waals surface area contributed by atoms with E-state index in [1.54, 1.807) is 12.3 Å². The minimum Gasteiger partial charge on any atom is -0.475 e. The van der Waals surface area contributed by atoms with Gasteiger partial charge in [0.05, 0.1) is 12.2 Å². The second kappa shape index (κ2) is 5.10. The molecule has 2 N–H and O–H groups in total. The van der Waals surface area contributed by atoms with Gasteiger partial charge in [-0.1, -0.05) is 11.6 Å². The number of halogens is 1. The smallest absolute Gasteiger partial charge is 0.371 e. The summed E-state index contributed by atoms with van der Waals surface area (Å²) in [7, 11) is 0. The Morgan fingerprint density at radius 2 is 2.33 bits per heavy atom. The lowest BCUT2D eigenvalue weighted by atomic mass is 10.3. The van der Waals surface area contributed by atoms with E-state index in [0.717, 1.165) is 5.56 Å². The van der Waals surface area contributed by atoms with E-state index in [1.807, 2.05) is 13.0 Å². The molecule has 2 aromatic heterocycles. The third-order valence-corrected chi connectivity index (χ3v) is 2.60. The molecular formula is C12H11ClN2O3. The van der Waals surface area contributed by atoms with Gasteiger partial charge in [0.25, 0.3) is 0 Å². The van der Waals surface area contributed by atoms with E-state index < -0.39 is 5.97 Å². The highest BCUT2D eigenvalue weighted by molar-refractivity contribution is 6.31. The highest BCUT2D eigenvalue weighted by atomic mass is 35.5. The van der Waals surface area contributed by atoms with Crippen LogP contribution in [0, 0.1) is 6.92 Å². The van der Waals surface area contributed by atoms with Crippen molar-refractivity contribution < 1.29 is 14.3 Å². The number of carboxylic acid groups (broad SMARTS) is 1. The van der Waals surface area contributed by atoms with Crippen LogP contribution < -0.4 is 5.32 Å². The van der Waals surface area contributed by atoms with Gasteiger partial charge in [-0.2, -0.15) is 0 Å². The van der Waals surface area contributed by atoms with Gasteiger partial charge in [-0.05, 0) is 30.7 Å². The van der Waals surface area contributed by atoms with Crippen molar-refractivity contribution in [2.24, 2.45) is 0 Å². The molecule has 2 heterocycles. The molecule has 0 spiro atoms. The molecule has 5 nitrogen and oxygen atoms in total. The third kappa shape index (κ3) is 2.81. The molecule has 0 unspecified atom stereocenters. The van der Waals surface area contributed by atoms with Crippen molar-refractivity contribution in [1.29, 1.82) is 0 Å². The van der Waals surface area contributed by atoms with E-state index in [0.29, 0.717) is 23.1 Å². The van der Waals surface area contributed by atoms with Gasteiger partial charge < -0.3 is 14.8 Å². The lowest BCUT2D eigenvalue weighted by Crippen LogP contribution is -2.00. The van der Waals surface area contributed by atoms with Crippen molar-refractivity contribution in [3.63, 3.8) is 0 Å². The maximum absolute atomic E-state index is 10.6. The Morgan fingerprint density at radius 1 is 1.56 bits per heavy atom. The predicted octanol–water partition coefficient (Wildman–Crippen LogP) is 2.95. The van der Waals surface area contributed by atoms with E-state index in [1.165, 1.54) is 6.07 Å². The Morgan fingerprint density at radius 3 is 3.00 bits per heavy atom. The molecule has 6 heteroatoms. The van der Waals surface area contributed by atoms with Crippen LogP contribution in [-0.4, -0.2) is 16.1 Å². The monoisotopic (exact) mass is 266 g/mol. The average Bonchev–Trinajstić information content (AvgIpc) is 2.79. The summed E-state index contributed by atoms with van der Waals surface area (Å²) in [5.41, 5.74) is 1.66. The number of anilines is 1. The molecule has 0 radical (unpaired) electrons. The molecule has 0 fully saturated rings. The van der Waals surface area contributed by atoms with Crippen LogP contribution >= 0.6 is 11.6 Å². The number of aromatic carboxylic acids is 1. The average molecular weight is 267 g/mol. The fourth-order valence-corrected chi connectivity index (χ4v) is 1.62. The van der Waals surface area contributed by atoms with E-state index in [9.17, 15) is 4.79 Å². The Hall–Kier alpha value is -2.01. The number of hydrogen-bond donors (Lipinski definition) is 2. The van der Waals surface area contributed by atoms with Gasteiger partial charge in [0, 0.05) is 6.20 Å². The summed E-state index contributed by atoms with van der Waals surface area (Å²) < 4.78 is 5.11. The van der Waals surface area contributed by atoms with Crippen LogP contribution in [0.3, 0.4) is 0 Å². The van der Waals surface area contributed by atoms with Crippen LogP contribution in [0.25, 0.3) is 0 Å². The number of carboxylic acids is 1.